The van der Waals surface area contributed by atoms with Crippen molar-refractivity contribution < 1.29 is 14.3 Å². The molecule has 3 nitrogen and oxygen atoms in total. The van der Waals surface area contributed by atoms with Crippen LogP contribution in [0.2, 0.25) is 0 Å². The number of halogens is 1. The summed E-state index contributed by atoms with van der Waals surface area (Å²) in [4.78, 5) is 10.8. The summed E-state index contributed by atoms with van der Waals surface area (Å²) in [5.74, 6) is 0.707. The predicted molar refractivity (Wildman–Crippen MR) is 45.3 cm³/mol. The summed E-state index contributed by atoms with van der Waals surface area (Å²) in [6, 6.07) is 5.31. The molecule has 0 radical (unpaired) electrons. The van der Waals surface area contributed by atoms with E-state index in [-0.39, 0.29) is 12.6 Å². The number of benzene rings is 1. The van der Waals surface area contributed by atoms with Crippen LogP contribution in [0.1, 0.15) is 0 Å². The third-order valence-corrected chi connectivity index (χ3v) is 2.11. The average Bonchev–Trinajstić information content (AvgIpc) is 2.04. The summed E-state index contributed by atoms with van der Waals surface area (Å²) in [7, 11) is 0. The molecule has 62 valence electrons. The molecule has 1 aliphatic heterocycles. The van der Waals surface area contributed by atoms with Crippen molar-refractivity contribution >= 4 is 21.9 Å². The highest BCUT2D eigenvalue weighted by atomic mass is 79.9. The van der Waals surface area contributed by atoms with Gasteiger partial charge in [-0.05, 0) is 28.1 Å². The normalized spacial score (nSPS) is 14.6. The summed E-state index contributed by atoms with van der Waals surface area (Å²) in [6.45, 7) is -0.0182. The summed E-state index contributed by atoms with van der Waals surface area (Å²) in [5.41, 5.74) is 0. The van der Waals surface area contributed by atoms with Crippen molar-refractivity contribution in [1.82, 2.24) is 0 Å². The van der Waals surface area contributed by atoms with Gasteiger partial charge in [-0.25, -0.2) is 4.79 Å². The van der Waals surface area contributed by atoms with Crippen LogP contribution in [-0.4, -0.2) is 12.6 Å². The van der Waals surface area contributed by atoms with Crippen molar-refractivity contribution in [3.05, 3.63) is 22.7 Å². The first-order chi connectivity index (χ1) is 5.77. The number of hydrogen-bond acceptors (Lipinski definition) is 3. The highest BCUT2D eigenvalue weighted by Crippen LogP contribution is 2.36. The molecule has 0 N–H and O–H groups in total. The van der Waals surface area contributed by atoms with E-state index in [9.17, 15) is 4.79 Å². The Morgan fingerprint density at radius 3 is 3.08 bits per heavy atom. The Balaban J connectivity index is 2.48. The van der Waals surface area contributed by atoms with Crippen molar-refractivity contribution in [2.45, 2.75) is 0 Å². The van der Waals surface area contributed by atoms with Crippen molar-refractivity contribution in [2.75, 3.05) is 6.61 Å². The highest BCUT2D eigenvalue weighted by molar-refractivity contribution is 9.10. The second kappa shape index (κ2) is 2.79. The lowest BCUT2D eigenvalue weighted by atomic mass is 10.3. The highest BCUT2D eigenvalue weighted by Gasteiger charge is 2.19. The quantitative estimate of drug-likeness (QED) is 0.502. The molecule has 4 heteroatoms. The van der Waals surface area contributed by atoms with Crippen LogP contribution in [0.3, 0.4) is 0 Å². The van der Waals surface area contributed by atoms with Crippen LogP contribution in [0.4, 0.5) is 0 Å². The SMILES string of the molecule is O=C1COc2c(Br)cccc2O1. The number of rotatable bonds is 0. The van der Waals surface area contributed by atoms with Crippen LogP contribution in [0.25, 0.3) is 0 Å². The molecule has 2 rings (SSSR count). The summed E-state index contributed by atoms with van der Waals surface area (Å²) >= 11 is 3.29. The summed E-state index contributed by atoms with van der Waals surface area (Å²) < 4.78 is 10.9. The van der Waals surface area contributed by atoms with E-state index in [0.717, 1.165) is 4.47 Å². The fourth-order valence-electron chi connectivity index (χ4n) is 0.993. The van der Waals surface area contributed by atoms with Gasteiger partial charge in [-0.3, -0.25) is 0 Å². The first-order valence-corrected chi connectivity index (χ1v) is 4.18. The van der Waals surface area contributed by atoms with Gasteiger partial charge in [-0.1, -0.05) is 6.07 Å². The Morgan fingerprint density at radius 2 is 2.25 bits per heavy atom. The molecule has 0 saturated carbocycles. The standard InChI is InChI=1S/C8H5BrO3/c9-5-2-1-3-6-8(5)11-4-7(10)12-6/h1-3H,4H2. The Hall–Kier alpha value is -1.03. The van der Waals surface area contributed by atoms with Crippen LogP contribution in [0.5, 0.6) is 11.5 Å². The lowest BCUT2D eigenvalue weighted by molar-refractivity contribution is -0.138. The molecule has 12 heavy (non-hydrogen) atoms. The number of carbonyl (C=O) groups excluding carboxylic acids is 1. The van der Waals surface area contributed by atoms with E-state index < -0.39 is 0 Å². The van der Waals surface area contributed by atoms with Crippen LogP contribution >= 0.6 is 15.9 Å². The van der Waals surface area contributed by atoms with Gasteiger partial charge in [-0.2, -0.15) is 0 Å². The molecule has 0 aliphatic carbocycles. The van der Waals surface area contributed by atoms with Gasteiger partial charge in [0.1, 0.15) is 0 Å². The van der Waals surface area contributed by atoms with Crippen LogP contribution in [0, 0.1) is 0 Å². The minimum absolute atomic E-state index is 0.0182. The molecule has 0 amide bonds. The van der Waals surface area contributed by atoms with E-state index in [1.165, 1.54) is 0 Å². The maximum atomic E-state index is 10.8. The third kappa shape index (κ3) is 1.18. The van der Waals surface area contributed by atoms with E-state index in [0.29, 0.717) is 11.5 Å². The van der Waals surface area contributed by atoms with Crippen LogP contribution < -0.4 is 9.47 Å². The molecule has 0 spiro atoms. The molecule has 0 unspecified atom stereocenters. The molecule has 0 fully saturated rings. The van der Waals surface area contributed by atoms with Gasteiger partial charge in [0.15, 0.2) is 18.1 Å². The monoisotopic (exact) mass is 228 g/mol. The predicted octanol–water partition coefficient (Wildman–Crippen LogP) is 1.75. The minimum Gasteiger partial charge on any atom is -0.477 e. The van der Waals surface area contributed by atoms with Gasteiger partial charge in [0.25, 0.3) is 0 Å². The maximum absolute atomic E-state index is 10.8. The van der Waals surface area contributed by atoms with E-state index in [1.807, 2.05) is 6.07 Å². The molecule has 1 heterocycles. The topological polar surface area (TPSA) is 35.5 Å². The van der Waals surface area contributed by atoms with Crippen molar-refractivity contribution in [3.63, 3.8) is 0 Å². The fourth-order valence-corrected chi connectivity index (χ4v) is 1.46. The van der Waals surface area contributed by atoms with E-state index in [1.54, 1.807) is 12.1 Å². The molecule has 0 saturated heterocycles. The van der Waals surface area contributed by atoms with Gasteiger partial charge in [0, 0.05) is 0 Å². The Morgan fingerprint density at radius 1 is 1.42 bits per heavy atom. The van der Waals surface area contributed by atoms with Gasteiger partial charge >= 0.3 is 5.97 Å². The maximum Gasteiger partial charge on any atom is 0.349 e. The molecule has 0 aromatic heterocycles. The lowest BCUT2D eigenvalue weighted by Gasteiger charge is -2.16. The number of hydrogen-bond donors (Lipinski definition) is 0. The minimum atomic E-state index is -0.361. The molecule has 0 atom stereocenters. The lowest BCUT2D eigenvalue weighted by Crippen LogP contribution is -2.22. The zero-order chi connectivity index (χ0) is 8.55. The number of carbonyl (C=O) groups is 1. The van der Waals surface area contributed by atoms with E-state index in [4.69, 9.17) is 9.47 Å². The Labute approximate surface area is 77.4 Å². The summed E-state index contributed by atoms with van der Waals surface area (Å²) in [5, 5.41) is 0. The first kappa shape index (κ1) is 7.61. The third-order valence-electron chi connectivity index (χ3n) is 1.49. The fraction of sp³-hybridized carbons (Fsp3) is 0.125. The van der Waals surface area contributed by atoms with Crippen molar-refractivity contribution in [3.8, 4) is 11.5 Å². The largest absolute Gasteiger partial charge is 0.477 e. The smallest absolute Gasteiger partial charge is 0.349 e. The average molecular weight is 229 g/mol. The zero-order valence-corrected chi connectivity index (χ0v) is 7.63. The molecule has 1 aromatic rings. The van der Waals surface area contributed by atoms with Gasteiger partial charge < -0.3 is 9.47 Å². The first-order valence-electron chi connectivity index (χ1n) is 3.39. The van der Waals surface area contributed by atoms with Gasteiger partial charge in [0.05, 0.1) is 4.47 Å². The zero-order valence-electron chi connectivity index (χ0n) is 6.04. The molecule has 1 aromatic carbocycles. The van der Waals surface area contributed by atoms with E-state index in [2.05, 4.69) is 15.9 Å². The molecule has 1 aliphatic rings. The van der Waals surface area contributed by atoms with Crippen molar-refractivity contribution in [1.29, 1.82) is 0 Å². The molecular formula is C8H5BrO3. The second-order valence-electron chi connectivity index (χ2n) is 2.33. The summed E-state index contributed by atoms with van der Waals surface area (Å²) in [6.07, 6.45) is 0. The van der Waals surface area contributed by atoms with Crippen LogP contribution in [-0.2, 0) is 4.79 Å². The van der Waals surface area contributed by atoms with Gasteiger partial charge in [-0.15, -0.1) is 0 Å². The second-order valence-corrected chi connectivity index (χ2v) is 3.18. The number of para-hydroxylation sites is 1. The number of ether oxygens (including phenoxy) is 2. The van der Waals surface area contributed by atoms with Crippen LogP contribution in [0.15, 0.2) is 22.7 Å². The Bertz CT molecular complexity index is 335. The number of fused-ring (bicyclic) bond motifs is 1. The van der Waals surface area contributed by atoms with Crippen molar-refractivity contribution in [2.24, 2.45) is 0 Å². The molecular weight excluding hydrogens is 224 g/mol. The number of esters is 1. The van der Waals surface area contributed by atoms with E-state index >= 15 is 0 Å². The van der Waals surface area contributed by atoms with Gasteiger partial charge in [0.2, 0.25) is 0 Å². The molecule has 0 bridgehead atoms. The Kier molecular flexibility index (Phi) is 1.77.